The van der Waals surface area contributed by atoms with Gasteiger partial charge in [-0.25, -0.2) is 0 Å². The smallest absolute Gasteiger partial charge is 0.0410 e. The van der Waals surface area contributed by atoms with Gasteiger partial charge in [0.1, 0.15) is 0 Å². The van der Waals surface area contributed by atoms with E-state index in [0.29, 0.717) is 12.1 Å². The molecule has 1 aliphatic carbocycles. The van der Waals surface area contributed by atoms with Gasteiger partial charge in [0.2, 0.25) is 0 Å². The molecule has 2 atom stereocenters. The third-order valence-corrected chi connectivity index (χ3v) is 5.04. The monoisotopic (exact) mass is 351 g/mol. The van der Waals surface area contributed by atoms with E-state index in [2.05, 4.69) is 51.0 Å². The fraction of sp³-hybridized carbons (Fsp3) is 0.706. The lowest BCUT2D eigenvalue weighted by molar-refractivity contribution is 0.100. The van der Waals surface area contributed by atoms with E-state index < -0.39 is 0 Å². The molecule has 1 saturated heterocycles. The second-order valence-corrected chi connectivity index (χ2v) is 8.00. The molecule has 3 rings (SSSR count). The van der Waals surface area contributed by atoms with Gasteiger partial charge in [0, 0.05) is 48.6 Å². The lowest BCUT2D eigenvalue weighted by atomic mass is 9.97. The summed E-state index contributed by atoms with van der Waals surface area (Å²) in [5.41, 5.74) is 1.32. The highest BCUT2D eigenvalue weighted by Crippen LogP contribution is 2.37. The first-order chi connectivity index (χ1) is 10.1. The Hall–Kier alpha value is -0.450. The molecule has 21 heavy (non-hydrogen) atoms. The summed E-state index contributed by atoms with van der Waals surface area (Å²) in [5.74, 6) is 1.67. The predicted octanol–water partition coefficient (Wildman–Crippen LogP) is 3.44. The summed E-state index contributed by atoms with van der Waals surface area (Å²) in [6, 6.07) is 3.56. The van der Waals surface area contributed by atoms with Gasteiger partial charge in [0.15, 0.2) is 0 Å². The van der Waals surface area contributed by atoms with Gasteiger partial charge in [-0.2, -0.15) is 0 Å². The van der Waals surface area contributed by atoms with Crippen LogP contribution in [0.4, 0.5) is 0 Å². The summed E-state index contributed by atoms with van der Waals surface area (Å²) in [4.78, 5) is 7.01. The third kappa shape index (κ3) is 4.27. The minimum absolute atomic E-state index is 0.639. The summed E-state index contributed by atoms with van der Waals surface area (Å²) in [7, 11) is 0. The first kappa shape index (κ1) is 15.4. The van der Waals surface area contributed by atoms with Crippen molar-refractivity contribution in [3.8, 4) is 0 Å². The molecule has 1 saturated carbocycles. The largest absolute Gasteiger partial charge is 0.311 e. The Labute approximate surface area is 136 Å². The Morgan fingerprint density at radius 3 is 2.86 bits per heavy atom. The van der Waals surface area contributed by atoms with Crippen LogP contribution >= 0.6 is 15.9 Å². The van der Waals surface area contributed by atoms with Gasteiger partial charge >= 0.3 is 0 Å². The maximum atomic E-state index is 4.31. The molecule has 4 heteroatoms. The quantitative estimate of drug-likeness (QED) is 0.880. The van der Waals surface area contributed by atoms with Crippen LogP contribution in [0.5, 0.6) is 0 Å². The van der Waals surface area contributed by atoms with Crippen LogP contribution in [-0.2, 0) is 6.54 Å². The SMILES string of the molecule is CC(C)CC1CN(Cc2cncc(Br)c2)C(C2CC2)CN1. The van der Waals surface area contributed by atoms with Gasteiger partial charge in [0.05, 0.1) is 0 Å². The van der Waals surface area contributed by atoms with Crippen LogP contribution < -0.4 is 5.32 Å². The lowest BCUT2D eigenvalue weighted by Gasteiger charge is -2.41. The van der Waals surface area contributed by atoms with Crippen molar-refractivity contribution < 1.29 is 0 Å². The molecular formula is C17H26BrN3. The van der Waals surface area contributed by atoms with E-state index in [4.69, 9.17) is 0 Å². The zero-order valence-corrected chi connectivity index (χ0v) is 14.6. The average Bonchev–Trinajstić information content (AvgIpc) is 3.22. The van der Waals surface area contributed by atoms with Crippen molar-refractivity contribution in [2.24, 2.45) is 11.8 Å². The predicted molar refractivity (Wildman–Crippen MR) is 90.1 cm³/mol. The van der Waals surface area contributed by atoms with Gasteiger partial charge in [-0.1, -0.05) is 13.8 Å². The number of halogens is 1. The Bertz CT molecular complexity index is 473. The van der Waals surface area contributed by atoms with Crippen molar-refractivity contribution in [3.63, 3.8) is 0 Å². The summed E-state index contributed by atoms with van der Waals surface area (Å²) in [6.45, 7) is 7.99. The molecule has 1 aromatic rings. The molecule has 1 aromatic heterocycles. The van der Waals surface area contributed by atoms with Crippen LogP contribution in [0.2, 0.25) is 0 Å². The molecule has 0 spiro atoms. The molecule has 0 amide bonds. The van der Waals surface area contributed by atoms with E-state index in [1.165, 1.54) is 31.4 Å². The fourth-order valence-corrected chi connectivity index (χ4v) is 3.94. The fourth-order valence-electron chi connectivity index (χ4n) is 3.53. The van der Waals surface area contributed by atoms with E-state index in [9.17, 15) is 0 Å². The molecule has 2 aliphatic rings. The zero-order chi connectivity index (χ0) is 14.8. The number of hydrogen-bond acceptors (Lipinski definition) is 3. The first-order valence-corrected chi connectivity index (χ1v) is 8.98. The van der Waals surface area contributed by atoms with Crippen molar-refractivity contribution in [3.05, 3.63) is 28.5 Å². The summed E-state index contributed by atoms with van der Waals surface area (Å²) in [5, 5.41) is 3.78. The van der Waals surface area contributed by atoms with E-state index >= 15 is 0 Å². The zero-order valence-electron chi connectivity index (χ0n) is 13.1. The number of nitrogens with zero attached hydrogens (tertiary/aromatic N) is 2. The normalized spacial score (nSPS) is 27.2. The number of nitrogens with one attached hydrogen (secondary N) is 1. The number of piperazine rings is 1. The molecule has 2 unspecified atom stereocenters. The van der Waals surface area contributed by atoms with Crippen molar-refractivity contribution in [2.45, 2.75) is 51.7 Å². The second kappa shape index (κ2) is 6.76. The van der Waals surface area contributed by atoms with Crippen LogP contribution in [0, 0.1) is 11.8 Å². The van der Waals surface area contributed by atoms with E-state index in [-0.39, 0.29) is 0 Å². The van der Waals surface area contributed by atoms with Crippen LogP contribution in [0.3, 0.4) is 0 Å². The molecular weight excluding hydrogens is 326 g/mol. The van der Waals surface area contributed by atoms with E-state index in [1.54, 1.807) is 0 Å². The van der Waals surface area contributed by atoms with Gasteiger partial charge in [-0.15, -0.1) is 0 Å². The van der Waals surface area contributed by atoms with Crippen LogP contribution in [-0.4, -0.2) is 35.1 Å². The van der Waals surface area contributed by atoms with Gasteiger partial charge in [-0.3, -0.25) is 9.88 Å². The average molecular weight is 352 g/mol. The van der Waals surface area contributed by atoms with Crippen molar-refractivity contribution in [1.82, 2.24) is 15.2 Å². The van der Waals surface area contributed by atoms with Crippen LogP contribution in [0.15, 0.2) is 22.9 Å². The minimum atomic E-state index is 0.639. The molecule has 2 fully saturated rings. The van der Waals surface area contributed by atoms with Crippen LogP contribution in [0.25, 0.3) is 0 Å². The minimum Gasteiger partial charge on any atom is -0.311 e. The molecule has 1 N–H and O–H groups in total. The lowest BCUT2D eigenvalue weighted by Crippen LogP contribution is -2.57. The van der Waals surface area contributed by atoms with Crippen molar-refractivity contribution in [1.29, 1.82) is 0 Å². The summed E-state index contributed by atoms with van der Waals surface area (Å²) in [6.07, 6.45) is 7.96. The van der Waals surface area contributed by atoms with Gasteiger partial charge < -0.3 is 5.32 Å². The Morgan fingerprint density at radius 1 is 1.38 bits per heavy atom. The molecule has 0 bridgehead atoms. The maximum absolute atomic E-state index is 4.31. The molecule has 3 nitrogen and oxygen atoms in total. The van der Waals surface area contributed by atoms with Gasteiger partial charge in [-0.05, 0) is 58.7 Å². The molecule has 0 radical (unpaired) electrons. The maximum Gasteiger partial charge on any atom is 0.0410 e. The summed E-state index contributed by atoms with van der Waals surface area (Å²) >= 11 is 3.53. The number of aromatic nitrogens is 1. The van der Waals surface area contributed by atoms with Crippen molar-refractivity contribution in [2.75, 3.05) is 13.1 Å². The number of hydrogen-bond donors (Lipinski definition) is 1. The molecule has 1 aliphatic heterocycles. The highest BCUT2D eigenvalue weighted by molar-refractivity contribution is 9.10. The summed E-state index contributed by atoms with van der Waals surface area (Å²) < 4.78 is 1.08. The second-order valence-electron chi connectivity index (χ2n) is 7.08. The Balaban J connectivity index is 1.68. The Kier molecular flexibility index (Phi) is 4.97. The molecule has 0 aromatic carbocycles. The third-order valence-electron chi connectivity index (χ3n) is 4.61. The van der Waals surface area contributed by atoms with Crippen molar-refractivity contribution >= 4 is 15.9 Å². The first-order valence-electron chi connectivity index (χ1n) is 8.18. The van der Waals surface area contributed by atoms with Crippen LogP contribution in [0.1, 0.15) is 38.7 Å². The van der Waals surface area contributed by atoms with E-state index in [0.717, 1.165) is 29.4 Å². The van der Waals surface area contributed by atoms with E-state index in [1.807, 2.05) is 12.4 Å². The highest BCUT2D eigenvalue weighted by atomic mass is 79.9. The Morgan fingerprint density at radius 2 is 2.19 bits per heavy atom. The standard InChI is InChI=1S/C17H26BrN3/c1-12(2)5-16-11-21(17(9-20-16)14-3-4-14)10-13-6-15(18)8-19-7-13/h6-8,12,14,16-17,20H,3-5,9-11H2,1-2H3. The van der Waals surface area contributed by atoms with Gasteiger partial charge in [0.25, 0.3) is 0 Å². The molecule has 2 heterocycles. The number of rotatable bonds is 5. The highest BCUT2D eigenvalue weighted by Gasteiger charge is 2.38. The topological polar surface area (TPSA) is 28.2 Å². The number of pyridine rings is 1. The molecule has 116 valence electrons.